The van der Waals surface area contributed by atoms with Gasteiger partial charge in [0.05, 0.1) is 44.0 Å². The van der Waals surface area contributed by atoms with Crippen molar-refractivity contribution in [3.63, 3.8) is 0 Å². The van der Waals surface area contributed by atoms with Crippen LogP contribution in [-0.4, -0.2) is 34.5 Å². The zero-order valence-electron chi connectivity index (χ0n) is 18.3. The molecular formula is C26H28N2O4. The van der Waals surface area contributed by atoms with Crippen molar-refractivity contribution in [2.75, 3.05) is 13.7 Å². The van der Waals surface area contributed by atoms with Gasteiger partial charge in [0.2, 0.25) is 0 Å². The Morgan fingerprint density at radius 1 is 0.906 bits per heavy atom. The molecule has 2 atom stereocenters. The Balaban J connectivity index is 1.44. The number of nitrogens with zero attached hydrogens (tertiary/aromatic N) is 2. The first-order valence-corrected chi connectivity index (χ1v) is 10.7. The van der Waals surface area contributed by atoms with Crippen molar-refractivity contribution in [1.29, 1.82) is 0 Å². The number of aliphatic hydroxyl groups excluding tert-OH is 1. The highest BCUT2D eigenvalue weighted by Gasteiger charge is 2.20. The quantitative estimate of drug-likeness (QED) is 0.391. The third kappa shape index (κ3) is 5.28. The van der Waals surface area contributed by atoms with Gasteiger partial charge in [-0.2, -0.15) is 0 Å². The van der Waals surface area contributed by atoms with E-state index in [1.54, 1.807) is 7.11 Å². The summed E-state index contributed by atoms with van der Waals surface area (Å²) in [5, 5.41) is 10.7. The summed E-state index contributed by atoms with van der Waals surface area (Å²) < 4.78 is 19.1. The van der Waals surface area contributed by atoms with E-state index in [-0.39, 0.29) is 12.7 Å². The average molecular weight is 433 g/mol. The molecule has 0 spiro atoms. The molecule has 0 amide bonds. The average Bonchev–Trinajstić information content (AvgIpc) is 3.19. The fourth-order valence-electron chi connectivity index (χ4n) is 3.65. The Morgan fingerprint density at radius 2 is 1.62 bits per heavy atom. The molecule has 0 aliphatic rings. The summed E-state index contributed by atoms with van der Waals surface area (Å²) in [7, 11) is 1.64. The van der Waals surface area contributed by atoms with E-state index in [4.69, 9.17) is 19.2 Å². The first-order chi connectivity index (χ1) is 15.6. The van der Waals surface area contributed by atoms with Gasteiger partial charge < -0.3 is 23.9 Å². The molecule has 0 aliphatic heterocycles. The van der Waals surface area contributed by atoms with Crippen LogP contribution in [0.4, 0.5) is 0 Å². The summed E-state index contributed by atoms with van der Waals surface area (Å²) >= 11 is 0. The molecule has 0 aliphatic carbocycles. The number of methoxy groups -OCH3 is 1. The lowest BCUT2D eigenvalue weighted by Crippen LogP contribution is -2.24. The van der Waals surface area contributed by atoms with Crippen LogP contribution in [0.5, 0.6) is 11.5 Å². The number of rotatable bonds is 10. The molecule has 32 heavy (non-hydrogen) atoms. The molecule has 1 heterocycles. The van der Waals surface area contributed by atoms with Gasteiger partial charge in [-0.3, -0.25) is 0 Å². The van der Waals surface area contributed by atoms with Crippen molar-refractivity contribution in [1.82, 2.24) is 9.55 Å². The Hall–Kier alpha value is -3.35. The number of ether oxygens (including phenoxy) is 3. The maximum absolute atomic E-state index is 10.7. The molecule has 0 saturated carbocycles. The summed E-state index contributed by atoms with van der Waals surface area (Å²) in [6.45, 7) is 2.97. The highest BCUT2D eigenvalue weighted by molar-refractivity contribution is 5.76. The van der Waals surface area contributed by atoms with Crippen LogP contribution in [0.2, 0.25) is 0 Å². The van der Waals surface area contributed by atoms with Gasteiger partial charge in [0.25, 0.3) is 0 Å². The van der Waals surface area contributed by atoms with Crippen molar-refractivity contribution < 1.29 is 19.3 Å². The fraction of sp³-hybridized carbons (Fsp3) is 0.269. The maximum atomic E-state index is 10.7. The van der Waals surface area contributed by atoms with Gasteiger partial charge in [-0.1, -0.05) is 42.5 Å². The molecule has 6 heteroatoms. The third-order valence-electron chi connectivity index (χ3n) is 5.24. The monoisotopic (exact) mass is 432 g/mol. The van der Waals surface area contributed by atoms with Gasteiger partial charge in [0, 0.05) is 0 Å². The lowest BCUT2D eigenvalue weighted by atomic mass is 10.2. The largest absolute Gasteiger partial charge is 0.497 e. The van der Waals surface area contributed by atoms with E-state index in [1.165, 1.54) is 0 Å². The molecule has 6 nitrogen and oxygen atoms in total. The number of hydrogen-bond acceptors (Lipinski definition) is 5. The minimum atomic E-state index is -0.687. The second-order valence-corrected chi connectivity index (χ2v) is 7.66. The van der Waals surface area contributed by atoms with Crippen LogP contribution in [0, 0.1) is 0 Å². The molecule has 1 aromatic heterocycles. The van der Waals surface area contributed by atoms with Crippen molar-refractivity contribution >= 4 is 11.0 Å². The molecule has 4 aromatic rings. The number of hydrogen-bond donors (Lipinski definition) is 1. The van der Waals surface area contributed by atoms with Gasteiger partial charge in [-0.25, -0.2) is 4.98 Å². The van der Waals surface area contributed by atoms with Crippen LogP contribution in [0.25, 0.3) is 11.0 Å². The molecule has 0 bridgehead atoms. The standard InChI is InChI=1S/C26H28N2O4/c1-19(32-23-8-4-3-5-9-23)26-27-24-10-6-7-11-25(24)28(26)16-21(29)18-31-17-20-12-14-22(30-2)15-13-20/h3-15,19,21,29H,16-18H2,1-2H3/t19-,21-/m0/s1. The predicted molar refractivity (Wildman–Crippen MR) is 124 cm³/mol. The number of para-hydroxylation sites is 3. The summed E-state index contributed by atoms with van der Waals surface area (Å²) in [6.07, 6.45) is -0.967. The molecule has 0 saturated heterocycles. The van der Waals surface area contributed by atoms with Crippen LogP contribution in [0.3, 0.4) is 0 Å². The number of aliphatic hydroxyl groups is 1. The van der Waals surface area contributed by atoms with Gasteiger partial charge >= 0.3 is 0 Å². The first kappa shape index (κ1) is 21.9. The second kappa shape index (κ2) is 10.3. The fourth-order valence-corrected chi connectivity index (χ4v) is 3.65. The van der Waals surface area contributed by atoms with E-state index < -0.39 is 6.10 Å². The summed E-state index contributed by atoms with van der Waals surface area (Å²) in [5.74, 6) is 2.35. The van der Waals surface area contributed by atoms with Crippen molar-refractivity contribution in [3.05, 3.63) is 90.3 Å². The van der Waals surface area contributed by atoms with Crippen LogP contribution >= 0.6 is 0 Å². The number of aromatic nitrogens is 2. The summed E-state index contributed by atoms with van der Waals surface area (Å²) in [5.41, 5.74) is 2.86. The van der Waals surface area contributed by atoms with E-state index in [2.05, 4.69) is 0 Å². The van der Waals surface area contributed by atoms with Crippen molar-refractivity contribution in [2.45, 2.75) is 32.3 Å². The van der Waals surface area contributed by atoms with E-state index in [9.17, 15) is 5.11 Å². The Kier molecular flexibility index (Phi) is 7.04. The Morgan fingerprint density at radius 3 is 2.38 bits per heavy atom. The Labute approximate surface area is 188 Å². The van der Waals surface area contributed by atoms with Gasteiger partial charge in [0.1, 0.15) is 11.5 Å². The molecule has 0 fully saturated rings. The number of benzene rings is 3. The SMILES string of the molecule is COc1ccc(COC[C@@H](O)Cn2c([C@H](C)Oc3ccccc3)nc3ccccc32)cc1. The molecule has 0 radical (unpaired) electrons. The van der Waals surface area contributed by atoms with Crippen LogP contribution in [-0.2, 0) is 17.9 Å². The third-order valence-corrected chi connectivity index (χ3v) is 5.24. The van der Waals surface area contributed by atoms with Gasteiger partial charge in [-0.05, 0) is 48.9 Å². The van der Waals surface area contributed by atoms with Crippen molar-refractivity contribution in [3.8, 4) is 11.5 Å². The molecule has 4 rings (SSSR count). The zero-order valence-corrected chi connectivity index (χ0v) is 18.3. The van der Waals surface area contributed by atoms with Gasteiger partial charge in [0.15, 0.2) is 11.9 Å². The van der Waals surface area contributed by atoms with Crippen LogP contribution < -0.4 is 9.47 Å². The lowest BCUT2D eigenvalue weighted by molar-refractivity contribution is 0.0198. The normalized spacial score (nSPS) is 13.1. The van der Waals surface area contributed by atoms with E-state index >= 15 is 0 Å². The predicted octanol–water partition coefficient (Wildman–Crippen LogP) is 4.76. The topological polar surface area (TPSA) is 65.7 Å². The summed E-state index contributed by atoms with van der Waals surface area (Å²) in [4.78, 5) is 4.78. The van der Waals surface area contributed by atoms with Crippen LogP contribution in [0.15, 0.2) is 78.9 Å². The van der Waals surface area contributed by atoms with E-state index in [0.717, 1.165) is 33.9 Å². The number of imidazole rings is 1. The maximum Gasteiger partial charge on any atom is 0.153 e. The Bertz CT molecular complexity index is 1130. The molecule has 1 N–H and O–H groups in total. The number of fused-ring (bicyclic) bond motifs is 1. The molecular weight excluding hydrogens is 404 g/mol. The minimum absolute atomic E-state index is 0.214. The second-order valence-electron chi connectivity index (χ2n) is 7.66. The summed E-state index contributed by atoms with van der Waals surface area (Å²) in [6, 6.07) is 25.3. The van der Waals surface area contributed by atoms with Crippen LogP contribution in [0.1, 0.15) is 24.4 Å². The highest BCUT2D eigenvalue weighted by atomic mass is 16.5. The van der Waals surface area contributed by atoms with Crippen molar-refractivity contribution in [2.24, 2.45) is 0 Å². The molecule has 166 valence electrons. The van der Waals surface area contributed by atoms with E-state index in [1.807, 2.05) is 90.4 Å². The van der Waals surface area contributed by atoms with E-state index in [0.29, 0.717) is 13.2 Å². The lowest BCUT2D eigenvalue weighted by Gasteiger charge is -2.19. The zero-order chi connectivity index (χ0) is 22.3. The minimum Gasteiger partial charge on any atom is -0.497 e. The van der Waals surface area contributed by atoms with Gasteiger partial charge in [-0.15, -0.1) is 0 Å². The molecule has 0 unspecified atom stereocenters. The smallest absolute Gasteiger partial charge is 0.153 e. The molecule has 3 aromatic carbocycles. The first-order valence-electron chi connectivity index (χ1n) is 10.7. The highest BCUT2D eigenvalue weighted by Crippen LogP contribution is 2.25.